The Balaban J connectivity index is 0.000000381. The second-order valence-corrected chi connectivity index (χ2v) is 10.8. The summed E-state index contributed by atoms with van der Waals surface area (Å²) in [4.78, 5) is 9.77. The van der Waals surface area contributed by atoms with Crippen LogP contribution in [-0.2, 0) is 20.1 Å². The Labute approximate surface area is 247 Å². The first-order valence-electron chi connectivity index (χ1n) is 13.4. The zero-order valence-corrected chi connectivity index (χ0v) is 26.5. The molecule has 2 unspecified atom stereocenters. The molecule has 4 rings (SSSR count). The fourth-order valence-corrected chi connectivity index (χ4v) is 3.80. The minimum Gasteiger partial charge on any atom is -0.393 e. The minimum absolute atomic E-state index is 0. The van der Waals surface area contributed by atoms with Crippen molar-refractivity contribution in [1.29, 1.82) is 0 Å². The second kappa shape index (κ2) is 15.2. The number of aliphatic hydroxyl groups is 2. The van der Waals surface area contributed by atoms with E-state index in [2.05, 4.69) is 87.5 Å². The summed E-state index contributed by atoms with van der Waals surface area (Å²) in [7, 11) is 0. The van der Waals surface area contributed by atoms with Crippen LogP contribution in [-0.4, -0.2) is 32.4 Å². The molecule has 2 atom stereocenters. The van der Waals surface area contributed by atoms with Crippen molar-refractivity contribution in [3.8, 4) is 33.8 Å². The zero-order chi connectivity index (χ0) is 27.8. The number of benzene rings is 3. The summed E-state index contributed by atoms with van der Waals surface area (Å²) in [5.74, 6) is 0.479. The van der Waals surface area contributed by atoms with Gasteiger partial charge in [-0.1, -0.05) is 94.3 Å². The van der Waals surface area contributed by atoms with Gasteiger partial charge < -0.3 is 15.2 Å². The van der Waals surface area contributed by atoms with E-state index in [0.717, 1.165) is 33.8 Å². The molecule has 0 amide bonds. The van der Waals surface area contributed by atoms with Gasteiger partial charge in [-0.25, -0.2) is 0 Å². The minimum atomic E-state index is -0.368. The summed E-state index contributed by atoms with van der Waals surface area (Å²) in [6.45, 7) is 14.1. The van der Waals surface area contributed by atoms with Crippen LogP contribution in [0, 0.1) is 38.7 Å². The molecule has 0 spiro atoms. The van der Waals surface area contributed by atoms with Crippen LogP contribution in [0.3, 0.4) is 0 Å². The first-order chi connectivity index (χ1) is 18.0. The summed E-state index contributed by atoms with van der Waals surface area (Å²) in [5, 5.41) is 18.8. The molecule has 1 heterocycles. The Morgan fingerprint density at radius 1 is 0.667 bits per heavy atom. The SMILES string of the molecule is CC(C)C(O)CC(O)C(C)C.Cc1c[c-]c(-c2ncc(-c3ccc(C)cc3)nc2-c2ccc(C)cc2)cc1.[Ir]. The molecule has 1 aromatic heterocycles. The number of hydrogen-bond acceptors (Lipinski definition) is 4. The topological polar surface area (TPSA) is 66.2 Å². The first-order valence-corrected chi connectivity index (χ1v) is 13.4. The molecule has 0 bridgehead atoms. The van der Waals surface area contributed by atoms with Crippen LogP contribution < -0.4 is 0 Å². The molecular formula is C34H41IrN2O2-. The molecule has 39 heavy (non-hydrogen) atoms. The molecule has 0 saturated heterocycles. The molecule has 5 heteroatoms. The van der Waals surface area contributed by atoms with E-state index >= 15 is 0 Å². The molecule has 209 valence electrons. The van der Waals surface area contributed by atoms with Gasteiger partial charge >= 0.3 is 0 Å². The normalized spacial score (nSPS) is 12.4. The Bertz CT molecular complexity index is 1270. The van der Waals surface area contributed by atoms with Crippen LogP contribution in [0.5, 0.6) is 0 Å². The van der Waals surface area contributed by atoms with Gasteiger partial charge in [-0.2, -0.15) is 0 Å². The van der Waals surface area contributed by atoms with E-state index in [0.29, 0.717) is 6.42 Å². The van der Waals surface area contributed by atoms with Gasteiger partial charge in [-0.05, 0) is 37.7 Å². The van der Waals surface area contributed by atoms with Gasteiger partial charge in [-0.3, -0.25) is 4.98 Å². The number of nitrogens with zero attached hydrogens (tertiary/aromatic N) is 2. The third kappa shape index (κ3) is 9.47. The summed E-state index contributed by atoms with van der Waals surface area (Å²) in [6, 6.07) is 26.3. The van der Waals surface area contributed by atoms with Crippen molar-refractivity contribution in [2.75, 3.05) is 0 Å². The van der Waals surface area contributed by atoms with Crippen molar-refractivity contribution < 1.29 is 30.3 Å². The summed E-state index contributed by atoms with van der Waals surface area (Å²) < 4.78 is 0. The number of hydrogen-bond donors (Lipinski definition) is 2. The van der Waals surface area contributed by atoms with Crippen LogP contribution in [0.4, 0.5) is 0 Å². The average Bonchev–Trinajstić information content (AvgIpc) is 2.90. The number of aryl methyl sites for hydroxylation is 3. The number of rotatable bonds is 7. The fraction of sp³-hybridized carbons (Fsp3) is 0.353. The molecule has 4 aromatic rings. The molecule has 0 aliphatic rings. The molecule has 4 nitrogen and oxygen atoms in total. The van der Waals surface area contributed by atoms with Crippen LogP contribution in [0.1, 0.15) is 50.8 Å². The van der Waals surface area contributed by atoms with Crippen molar-refractivity contribution in [3.05, 3.63) is 95.7 Å². The predicted octanol–water partition coefficient (Wildman–Crippen LogP) is 7.61. The zero-order valence-electron chi connectivity index (χ0n) is 24.1. The fourth-order valence-electron chi connectivity index (χ4n) is 3.80. The summed E-state index contributed by atoms with van der Waals surface area (Å²) >= 11 is 0. The predicted molar refractivity (Wildman–Crippen MR) is 158 cm³/mol. The van der Waals surface area contributed by atoms with E-state index in [1.165, 1.54) is 16.7 Å². The van der Waals surface area contributed by atoms with Crippen molar-refractivity contribution in [2.24, 2.45) is 11.8 Å². The monoisotopic (exact) mass is 702 g/mol. The molecule has 0 saturated carbocycles. The Morgan fingerprint density at radius 3 is 1.62 bits per heavy atom. The van der Waals surface area contributed by atoms with Gasteiger partial charge in [0, 0.05) is 37.6 Å². The van der Waals surface area contributed by atoms with Crippen molar-refractivity contribution in [3.63, 3.8) is 0 Å². The van der Waals surface area contributed by atoms with Crippen LogP contribution in [0.15, 0.2) is 72.9 Å². The maximum Gasteiger partial charge on any atom is 0.0873 e. The van der Waals surface area contributed by atoms with Crippen LogP contribution >= 0.6 is 0 Å². The van der Waals surface area contributed by atoms with Gasteiger partial charge in [-0.15, -0.1) is 35.4 Å². The smallest absolute Gasteiger partial charge is 0.0873 e. The van der Waals surface area contributed by atoms with E-state index < -0.39 is 0 Å². The third-order valence-electron chi connectivity index (χ3n) is 6.69. The Hall–Kier alpha value is -2.69. The number of aliphatic hydroxyl groups excluding tert-OH is 2. The van der Waals surface area contributed by atoms with Crippen molar-refractivity contribution in [1.82, 2.24) is 9.97 Å². The van der Waals surface area contributed by atoms with E-state index in [-0.39, 0.29) is 44.1 Å². The van der Waals surface area contributed by atoms with Gasteiger partial charge in [0.25, 0.3) is 0 Å². The molecule has 2 N–H and O–H groups in total. The molecule has 0 aliphatic carbocycles. The molecule has 1 radical (unpaired) electrons. The Kier molecular flexibility index (Phi) is 12.7. The maximum absolute atomic E-state index is 9.39. The molecule has 0 fully saturated rings. The summed E-state index contributed by atoms with van der Waals surface area (Å²) in [6.07, 6.45) is 1.61. The summed E-state index contributed by atoms with van der Waals surface area (Å²) in [5.41, 5.74) is 9.34. The largest absolute Gasteiger partial charge is 0.393 e. The standard InChI is InChI=1S/C25H21N2.C9H20O2.Ir/c1-17-4-10-20(11-5-17)23-16-26-24(21-12-6-18(2)7-13-21)25(27-23)22-14-8-19(3)9-15-22;1-6(2)8(10)5-9(11)7(3)4;/h4-12,14-16H,1-3H3;6-11H,5H2,1-4H3;/q-1;;. The second-order valence-electron chi connectivity index (χ2n) is 10.8. The van der Waals surface area contributed by atoms with E-state index in [4.69, 9.17) is 9.97 Å². The first kappa shape index (κ1) is 32.5. The van der Waals surface area contributed by atoms with Gasteiger partial charge in [0.05, 0.1) is 23.6 Å². The van der Waals surface area contributed by atoms with Gasteiger partial charge in [0.2, 0.25) is 0 Å². The molecular weight excluding hydrogens is 661 g/mol. The van der Waals surface area contributed by atoms with Crippen LogP contribution in [0.2, 0.25) is 0 Å². The number of aromatic nitrogens is 2. The van der Waals surface area contributed by atoms with Crippen molar-refractivity contribution >= 4 is 0 Å². The van der Waals surface area contributed by atoms with Gasteiger partial charge in [0.15, 0.2) is 0 Å². The quantitative estimate of drug-likeness (QED) is 0.195. The van der Waals surface area contributed by atoms with E-state index in [1.807, 2.05) is 40.0 Å². The average molecular weight is 702 g/mol. The maximum atomic E-state index is 9.39. The van der Waals surface area contributed by atoms with E-state index in [9.17, 15) is 10.2 Å². The molecule has 3 aromatic carbocycles. The van der Waals surface area contributed by atoms with Crippen molar-refractivity contribution in [2.45, 2.75) is 67.1 Å². The van der Waals surface area contributed by atoms with Crippen LogP contribution in [0.25, 0.3) is 33.8 Å². The third-order valence-corrected chi connectivity index (χ3v) is 6.69. The Morgan fingerprint density at radius 2 is 1.15 bits per heavy atom. The molecule has 0 aliphatic heterocycles. The van der Waals surface area contributed by atoms with Gasteiger partial charge in [0.1, 0.15) is 0 Å². The van der Waals surface area contributed by atoms with E-state index in [1.54, 1.807) is 0 Å².